The average molecular weight is 184 g/mol. The van der Waals surface area contributed by atoms with Gasteiger partial charge in [-0.25, -0.2) is 0 Å². The molecule has 0 bridgehead atoms. The molecule has 0 saturated carbocycles. The van der Waals surface area contributed by atoms with Crippen LogP contribution in [0, 0.1) is 5.92 Å². The molecule has 0 aromatic rings. The van der Waals surface area contributed by atoms with Gasteiger partial charge in [-0.1, -0.05) is 32.4 Å². The summed E-state index contributed by atoms with van der Waals surface area (Å²) in [6, 6.07) is 0. The maximum Gasteiger partial charge on any atom is 0.0806 e. The summed E-state index contributed by atoms with van der Waals surface area (Å²) in [6.07, 6.45) is 6.82. The van der Waals surface area contributed by atoms with Gasteiger partial charge in [0.15, 0.2) is 0 Å². The lowest BCUT2D eigenvalue weighted by Gasteiger charge is -2.20. The molecule has 1 heteroatoms. The Morgan fingerprint density at radius 1 is 1.31 bits per heavy atom. The van der Waals surface area contributed by atoms with E-state index in [4.69, 9.17) is 4.74 Å². The minimum Gasteiger partial charge on any atom is -0.372 e. The van der Waals surface area contributed by atoms with E-state index in [0.717, 1.165) is 18.9 Å². The average Bonchev–Trinajstić information content (AvgIpc) is 2.03. The van der Waals surface area contributed by atoms with E-state index in [-0.39, 0.29) is 5.60 Å². The zero-order chi connectivity index (χ0) is 10.3. The van der Waals surface area contributed by atoms with Crippen molar-refractivity contribution in [3.05, 3.63) is 12.2 Å². The predicted octanol–water partition coefficient (Wildman–Crippen LogP) is 3.79. The van der Waals surface area contributed by atoms with E-state index >= 15 is 0 Å². The van der Waals surface area contributed by atoms with E-state index in [9.17, 15) is 0 Å². The lowest BCUT2D eigenvalue weighted by atomic mass is 10.0. The van der Waals surface area contributed by atoms with Gasteiger partial charge >= 0.3 is 0 Å². The minimum absolute atomic E-state index is 0.0950. The van der Waals surface area contributed by atoms with E-state index < -0.39 is 0 Å². The highest BCUT2D eigenvalue weighted by Crippen LogP contribution is 2.13. The molecule has 13 heavy (non-hydrogen) atoms. The summed E-state index contributed by atoms with van der Waals surface area (Å²) < 4.78 is 5.56. The summed E-state index contributed by atoms with van der Waals surface area (Å²) in [5.74, 6) is 0.786. The van der Waals surface area contributed by atoms with Gasteiger partial charge in [-0.3, -0.25) is 0 Å². The Balaban J connectivity index is 3.81. The number of allylic oxidation sites excluding steroid dienone is 1. The quantitative estimate of drug-likeness (QED) is 0.571. The summed E-state index contributed by atoms with van der Waals surface area (Å²) in [6.45, 7) is 11.5. The smallest absolute Gasteiger partial charge is 0.0806 e. The molecule has 78 valence electrons. The van der Waals surface area contributed by atoms with Gasteiger partial charge in [0.2, 0.25) is 0 Å². The van der Waals surface area contributed by atoms with Gasteiger partial charge in [0, 0.05) is 6.61 Å². The van der Waals surface area contributed by atoms with Crippen molar-refractivity contribution in [1.82, 2.24) is 0 Å². The third-order valence-electron chi connectivity index (χ3n) is 2.27. The van der Waals surface area contributed by atoms with Crippen molar-refractivity contribution in [2.75, 3.05) is 6.61 Å². The van der Waals surface area contributed by atoms with Gasteiger partial charge in [-0.05, 0) is 33.1 Å². The summed E-state index contributed by atoms with van der Waals surface area (Å²) in [7, 11) is 0. The number of ether oxygens (including phenoxy) is 1. The van der Waals surface area contributed by atoms with Crippen LogP contribution in [0.3, 0.4) is 0 Å². The minimum atomic E-state index is -0.0950. The monoisotopic (exact) mass is 184 g/mol. The molecule has 0 aliphatic rings. The van der Waals surface area contributed by atoms with Crippen molar-refractivity contribution in [3.8, 4) is 0 Å². The van der Waals surface area contributed by atoms with Gasteiger partial charge in [-0.2, -0.15) is 0 Å². The first-order valence-corrected chi connectivity index (χ1v) is 5.33. The fourth-order valence-electron chi connectivity index (χ4n) is 1.17. The van der Waals surface area contributed by atoms with Crippen LogP contribution in [-0.4, -0.2) is 12.2 Å². The summed E-state index contributed by atoms with van der Waals surface area (Å²) in [4.78, 5) is 0. The summed E-state index contributed by atoms with van der Waals surface area (Å²) in [5.41, 5.74) is -0.0950. The van der Waals surface area contributed by atoms with Gasteiger partial charge < -0.3 is 4.74 Å². The topological polar surface area (TPSA) is 9.23 Å². The Labute approximate surface area is 83.2 Å². The van der Waals surface area contributed by atoms with Crippen molar-refractivity contribution >= 4 is 0 Å². The first kappa shape index (κ1) is 12.7. The molecule has 0 radical (unpaired) electrons. The van der Waals surface area contributed by atoms with Crippen LogP contribution in [0.2, 0.25) is 0 Å². The molecule has 1 atom stereocenters. The first-order chi connectivity index (χ1) is 6.02. The van der Waals surface area contributed by atoms with E-state index in [1.807, 2.05) is 6.92 Å². The number of hydrogen-bond donors (Lipinski definition) is 0. The summed E-state index contributed by atoms with van der Waals surface area (Å²) >= 11 is 0. The lowest BCUT2D eigenvalue weighted by molar-refractivity contribution is 0.0283. The molecule has 0 aromatic heterocycles. The molecule has 0 saturated heterocycles. The molecule has 0 fully saturated rings. The molecular formula is C12H24O. The molecule has 0 aliphatic heterocycles. The van der Waals surface area contributed by atoms with Crippen molar-refractivity contribution in [2.24, 2.45) is 5.92 Å². The van der Waals surface area contributed by atoms with E-state index in [1.165, 1.54) is 6.42 Å². The third-order valence-corrected chi connectivity index (χ3v) is 2.27. The molecule has 1 unspecified atom stereocenters. The van der Waals surface area contributed by atoms with Crippen molar-refractivity contribution in [1.29, 1.82) is 0 Å². The van der Waals surface area contributed by atoms with Crippen molar-refractivity contribution in [2.45, 2.75) is 53.1 Å². The van der Waals surface area contributed by atoms with Crippen molar-refractivity contribution in [3.63, 3.8) is 0 Å². The molecule has 0 spiro atoms. The maximum absolute atomic E-state index is 5.56. The van der Waals surface area contributed by atoms with Crippen LogP contribution in [0.4, 0.5) is 0 Å². The van der Waals surface area contributed by atoms with Crippen LogP contribution in [0.1, 0.15) is 47.5 Å². The molecule has 0 N–H and O–H groups in total. The highest BCUT2D eigenvalue weighted by molar-refractivity contribution is 4.97. The molecule has 0 aliphatic carbocycles. The number of rotatable bonds is 6. The van der Waals surface area contributed by atoms with Gasteiger partial charge in [0.25, 0.3) is 0 Å². The highest BCUT2D eigenvalue weighted by Gasteiger charge is 2.11. The molecule has 1 nitrogen and oxygen atoms in total. The number of hydrogen-bond acceptors (Lipinski definition) is 1. The molecule has 0 aromatic carbocycles. The SMILES string of the molecule is CCOC(C)(C)/C=C/CC(C)CC. The zero-order valence-electron chi connectivity index (χ0n) is 9.76. The Bertz CT molecular complexity index is 147. The second-order valence-electron chi connectivity index (χ2n) is 4.19. The molecule has 0 amide bonds. The predicted molar refractivity (Wildman–Crippen MR) is 58.9 cm³/mol. The molecule has 0 heterocycles. The van der Waals surface area contributed by atoms with E-state index in [0.29, 0.717) is 0 Å². The highest BCUT2D eigenvalue weighted by atomic mass is 16.5. The fraction of sp³-hybridized carbons (Fsp3) is 0.833. The Morgan fingerprint density at radius 3 is 2.38 bits per heavy atom. The second-order valence-corrected chi connectivity index (χ2v) is 4.19. The Hall–Kier alpha value is -0.300. The van der Waals surface area contributed by atoms with Crippen LogP contribution in [0.15, 0.2) is 12.2 Å². The molecular weight excluding hydrogens is 160 g/mol. The maximum atomic E-state index is 5.56. The van der Waals surface area contributed by atoms with E-state index in [2.05, 4.69) is 39.8 Å². The van der Waals surface area contributed by atoms with E-state index in [1.54, 1.807) is 0 Å². The Morgan fingerprint density at radius 2 is 1.92 bits per heavy atom. The van der Waals surface area contributed by atoms with Crippen molar-refractivity contribution < 1.29 is 4.74 Å². The van der Waals surface area contributed by atoms with Crippen LogP contribution >= 0.6 is 0 Å². The first-order valence-electron chi connectivity index (χ1n) is 5.33. The second kappa shape index (κ2) is 6.20. The van der Waals surface area contributed by atoms with Crippen LogP contribution in [-0.2, 0) is 4.74 Å². The molecule has 0 rings (SSSR count). The van der Waals surface area contributed by atoms with Crippen LogP contribution in [0.5, 0.6) is 0 Å². The standard InChI is InChI=1S/C12H24O/c1-6-11(3)9-8-10-12(4,5)13-7-2/h8,10-11H,6-7,9H2,1-5H3/b10-8+. The lowest BCUT2D eigenvalue weighted by Crippen LogP contribution is -2.20. The van der Waals surface area contributed by atoms with Gasteiger partial charge in [-0.15, -0.1) is 0 Å². The van der Waals surface area contributed by atoms with Gasteiger partial charge in [0.1, 0.15) is 0 Å². The largest absolute Gasteiger partial charge is 0.372 e. The summed E-state index contributed by atoms with van der Waals surface area (Å²) in [5, 5.41) is 0. The normalized spacial score (nSPS) is 15.2. The Kier molecular flexibility index (Phi) is 6.06. The zero-order valence-corrected chi connectivity index (χ0v) is 9.76. The van der Waals surface area contributed by atoms with Gasteiger partial charge in [0.05, 0.1) is 5.60 Å². The fourth-order valence-corrected chi connectivity index (χ4v) is 1.17. The van der Waals surface area contributed by atoms with Crippen LogP contribution in [0.25, 0.3) is 0 Å². The van der Waals surface area contributed by atoms with Crippen LogP contribution < -0.4 is 0 Å². The third kappa shape index (κ3) is 6.83.